The molecule has 1 saturated carbocycles. The average Bonchev–Trinajstić information content (AvgIpc) is 3.09. The molecule has 3 nitrogen and oxygen atoms in total. The van der Waals surface area contributed by atoms with E-state index >= 15 is 0 Å². The van der Waals surface area contributed by atoms with Crippen molar-refractivity contribution in [2.75, 3.05) is 6.54 Å². The first-order chi connectivity index (χ1) is 8.09. The summed E-state index contributed by atoms with van der Waals surface area (Å²) in [5, 5.41) is 12.1. The number of carbonyl (C=O) groups excluding carboxylic acids is 1. The third kappa shape index (κ3) is 2.79. The molecular formula is C12H13F2NO2. The van der Waals surface area contributed by atoms with Gasteiger partial charge in [-0.05, 0) is 25.0 Å². The molecule has 0 heterocycles. The molecule has 0 aromatic heterocycles. The van der Waals surface area contributed by atoms with Crippen molar-refractivity contribution in [1.29, 1.82) is 0 Å². The van der Waals surface area contributed by atoms with Gasteiger partial charge in [-0.25, -0.2) is 8.78 Å². The van der Waals surface area contributed by atoms with E-state index in [0.717, 1.165) is 25.0 Å². The standard InChI is InChI=1S/C12H13F2NO2/c13-8-2-1-3-9(14)11(8)10(16)6-15-12(17)7-4-5-7/h1-3,7,10,16H,4-6H2,(H,15,17). The van der Waals surface area contributed by atoms with Gasteiger partial charge in [0, 0.05) is 12.5 Å². The highest BCUT2D eigenvalue weighted by Gasteiger charge is 2.30. The molecule has 2 N–H and O–H groups in total. The van der Waals surface area contributed by atoms with Crippen molar-refractivity contribution in [1.82, 2.24) is 5.32 Å². The molecule has 0 spiro atoms. The fraction of sp³-hybridized carbons (Fsp3) is 0.417. The molecule has 1 aliphatic carbocycles. The summed E-state index contributed by atoms with van der Waals surface area (Å²) in [6, 6.07) is 3.37. The van der Waals surface area contributed by atoms with Crippen LogP contribution >= 0.6 is 0 Å². The van der Waals surface area contributed by atoms with E-state index in [0.29, 0.717) is 0 Å². The fourth-order valence-corrected chi connectivity index (χ4v) is 1.62. The fourth-order valence-electron chi connectivity index (χ4n) is 1.62. The van der Waals surface area contributed by atoms with Crippen molar-refractivity contribution in [2.45, 2.75) is 18.9 Å². The first-order valence-corrected chi connectivity index (χ1v) is 5.49. The smallest absolute Gasteiger partial charge is 0.223 e. The molecular weight excluding hydrogens is 228 g/mol. The van der Waals surface area contributed by atoms with Crippen molar-refractivity contribution < 1.29 is 18.7 Å². The van der Waals surface area contributed by atoms with E-state index in [-0.39, 0.29) is 18.4 Å². The molecule has 0 bridgehead atoms. The largest absolute Gasteiger partial charge is 0.386 e. The summed E-state index contributed by atoms with van der Waals surface area (Å²) in [5.74, 6) is -1.77. The maximum absolute atomic E-state index is 13.3. The van der Waals surface area contributed by atoms with Crippen LogP contribution in [0.15, 0.2) is 18.2 Å². The van der Waals surface area contributed by atoms with Gasteiger partial charge < -0.3 is 10.4 Å². The third-order valence-electron chi connectivity index (χ3n) is 2.75. The summed E-state index contributed by atoms with van der Waals surface area (Å²) in [7, 11) is 0. The Balaban J connectivity index is 1.98. The topological polar surface area (TPSA) is 49.3 Å². The van der Waals surface area contributed by atoms with Crippen LogP contribution in [0.25, 0.3) is 0 Å². The Kier molecular flexibility index (Phi) is 3.38. The number of rotatable bonds is 4. The van der Waals surface area contributed by atoms with Crippen LogP contribution in [-0.2, 0) is 4.79 Å². The normalized spacial score (nSPS) is 16.6. The van der Waals surface area contributed by atoms with Crippen LogP contribution in [-0.4, -0.2) is 17.6 Å². The van der Waals surface area contributed by atoms with Gasteiger partial charge >= 0.3 is 0 Å². The minimum Gasteiger partial charge on any atom is -0.386 e. The first kappa shape index (κ1) is 12.0. The second kappa shape index (κ2) is 4.79. The summed E-state index contributed by atoms with van der Waals surface area (Å²) < 4.78 is 26.6. The Morgan fingerprint density at radius 3 is 2.53 bits per heavy atom. The molecule has 1 aromatic rings. The summed E-state index contributed by atoms with van der Waals surface area (Å²) in [6.07, 6.45) is 0.324. The zero-order valence-electron chi connectivity index (χ0n) is 9.12. The molecule has 1 aromatic carbocycles. The number of carbonyl (C=O) groups is 1. The number of amides is 1. The van der Waals surface area contributed by atoms with Crippen LogP contribution in [0.4, 0.5) is 8.78 Å². The molecule has 0 radical (unpaired) electrons. The van der Waals surface area contributed by atoms with Crippen molar-refractivity contribution in [2.24, 2.45) is 5.92 Å². The molecule has 2 rings (SSSR count). The molecule has 1 fully saturated rings. The van der Waals surface area contributed by atoms with Crippen LogP contribution < -0.4 is 5.32 Å². The number of hydrogen-bond donors (Lipinski definition) is 2. The van der Waals surface area contributed by atoms with Crippen LogP contribution in [0, 0.1) is 17.6 Å². The van der Waals surface area contributed by atoms with Crippen molar-refractivity contribution in [3.63, 3.8) is 0 Å². The van der Waals surface area contributed by atoms with Crippen molar-refractivity contribution >= 4 is 5.91 Å². The highest BCUT2D eigenvalue weighted by Crippen LogP contribution is 2.29. The van der Waals surface area contributed by atoms with E-state index in [1.54, 1.807) is 0 Å². The summed E-state index contributed by atoms with van der Waals surface area (Å²) in [5.41, 5.74) is -0.399. The second-order valence-electron chi connectivity index (χ2n) is 4.17. The Hall–Kier alpha value is -1.49. The lowest BCUT2D eigenvalue weighted by Crippen LogP contribution is -2.30. The summed E-state index contributed by atoms with van der Waals surface area (Å²) in [4.78, 5) is 11.3. The Bertz CT molecular complexity index is 412. The number of aliphatic hydroxyl groups is 1. The van der Waals surface area contributed by atoms with E-state index in [4.69, 9.17) is 0 Å². The molecule has 0 aliphatic heterocycles. The predicted octanol–water partition coefficient (Wildman–Crippen LogP) is 1.52. The van der Waals surface area contributed by atoms with Crippen LogP contribution in [0.1, 0.15) is 24.5 Å². The second-order valence-corrected chi connectivity index (χ2v) is 4.17. The van der Waals surface area contributed by atoms with Gasteiger partial charge in [-0.3, -0.25) is 4.79 Å². The molecule has 1 aliphatic rings. The summed E-state index contributed by atoms with van der Waals surface area (Å²) in [6.45, 7) is -0.173. The van der Waals surface area contributed by atoms with E-state index in [1.807, 2.05) is 0 Å². The SMILES string of the molecule is O=C(NCC(O)c1c(F)cccc1F)C1CC1. The van der Waals surface area contributed by atoms with Gasteiger partial charge in [0.2, 0.25) is 5.91 Å². The van der Waals surface area contributed by atoms with Gasteiger partial charge in [0.05, 0.1) is 5.56 Å². The maximum Gasteiger partial charge on any atom is 0.223 e. The van der Waals surface area contributed by atoms with Crippen molar-refractivity contribution in [3.05, 3.63) is 35.4 Å². The highest BCUT2D eigenvalue weighted by molar-refractivity contribution is 5.80. The van der Waals surface area contributed by atoms with E-state index in [2.05, 4.69) is 5.32 Å². The molecule has 5 heteroatoms. The van der Waals surface area contributed by atoms with Crippen molar-refractivity contribution in [3.8, 4) is 0 Å². The highest BCUT2D eigenvalue weighted by atomic mass is 19.1. The number of halogens is 2. The predicted molar refractivity (Wildman–Crippen MR) is 57.1 cm³/mol. The van der Waals surface area contributed by atoms with Gasteiger partial charge in [-0.1, -0.05) is 6.07 Å². The van der Waals surface area contributed by atoms with Gasteiger partial charge in [0.25, 0.3) is 0 Å². The molecule has 92 valence electrons. The minimum absolute atomic E-state index is 0.00710. The van der Waals surface area contributed by atoms with Crippen LogP contribution in [0.3, 0.4) is 0 Å². The monoisotopic (exact) mass is 241 g/mol. The van der Waals surface area contributed by atoms with Gasteiger partial charge in [0.1, 0.15) is 17.7 Å². The van der Waals surface area contributed by atoms with Crippen LogP contribution in [0.5, 0.6) is 0 Å². The number of aliphatic hydroxyl groups excluding tert-OH is 1. The quantitative estimate of drug-likeness (QED) is 0.839. The van der Waals surface area contributed by atoms with Gasteiger partial charge in [-0.15, -0.1) is 0 Å². The zero-order chi connectivity index (χ0) is 12.4. The maximum atomic E-state index is 13.3. The van der Waals surface area contributed by atoms with Crippen LogP contribution in [0.2, 0.25) is 0 Å². The molecule has 1 atom stereocenters. The average molecular weight is 241 g/mol. The van der Waals surface area contributed by atoms with E-state index in [1.165, 1.54) is 6.07 Å². The Morgan fingerprint density at radius 2 is 2.00 bits per heavy atom. The third-order valence-corrected chi connectivity index (χ3v) is 2.75. The zero-order valence-corrected chi connectivity index (χ0v) is 9.12. The minimum atomic E-state index is -1.36. The van der Waals surface area contributed by atoms with E-state index < -0.39 is 23.3 Å². The lowest BCUT2D eigenvalue weighted by molar-refractivity contribution is -0.122. The summed E-state index contributed by atoms with van der Waals surface area (Å²) >= 11 is 0. The van der Waals surface area contributed by atoms with E-state index in [9.17, 15) is 18.7 Å². The lowest BCUT2D eigenvalue weighted by Gasteiger charge is -2.13. The molecule has 17 heavy (non-hydrogen) atoms. The number of hydrogen-bond acceptors (Lipinski definition) is 2. The lowest BCUT2D eigenvalue weighted by atomic mass is 10.1. The Morgan fingerprint density at radius 1 is 1.41 bits per heavy atom. The molecule has 0 saturated heterocycles. The van der Waals surface area contributed by atoms with Gasteiger partial charge in [0.15, 0.2) is 0 Å². The number of benzene rings is 1. The molecule has 1 unspecified atom stereocenters. The molecule has 1 amide bonds. The first-order valence-electron chi connectivity index (χ1n) is 5.49. The van der Waals surface area contributed by atoms with Gasteiger partial charge in [-0.2, -0.15) is 0 Å². The number of nitrogens with one attached hydrogen (secondary N) is 1. The Labute approximate surface area is 97.5 Å².